The number of aromatic nitrogens is 1. The average molecular weight is 1870 g/mol. The van der Waals surface area contributed by atoms with Gasteiger partial charge < -0.3 is 32.3 Å². The Hall–Kier alpha value is -12.9. The zero-order valence-electron chi connectivity index (χ0n) is 67.3. The lowest BCUT2D eigenvalue weighted by Gasteiger charge is -2.12. The van der Waals surface area contributed by atoms with E-state index in [9.17, 15) is 39.0 Å². The van der Waals surface area contributed by atoms with Crippen LogP contribution in [0.1, 0.15) is 92.0 Å². The number of thiocarbonyl (C=S) groups is 2. The van der Waals surface area contributed by atoms with Gasteiger partial charge in [-0.3, -0.25) is 28.8 Å². The first kappa shape index (κ1) is 87.1. The van der Waals surface area contributed by atoms with Gasteiger partial charge in [-0.2, -0.15) is 0 Å². The van der Waals surface area contributed by atoms with E-state index in [4.69, 9.17) is 49.3 Å². The van der Waals surface area contributed by atoms with Gasteiger partial charge in [0.25, 0.3) is 0 Å². The molecule has 0 spiro atoms. The lowest BCUT2D eigenvalue weighted by molar-refractivity contribution is -0.597. The molecule has 1 fully saturated rings. The molecule has 18 heteroatoms. The van der Waals surface area contributed by atoms with Crippen molar-refractivity contribution in [2.75, 3.05) is 6.54 Å². The lowest BCUT2D eigenvalue weighted by Crippen LogP contribution is -3.61. The van der Waals surface area contributed by atoms with Gasteiger partial charge in [0.2, 0.25) is 0 Å². The first-order valence-corrected chi connectivity index (χ1v) is 46.6. The third-order valence-corrected chi connectivity index (χ3v) is 29.6. The van der Waals surface area contributed by atoms with E-state index in [1.54, 1.807) is 108 Å². The number of thiazole rings is 1. The van der Waals surface area contributed by atoms with Crippen LogP contribution in [0.15, 0.2) is 429 Å². The predicted molar refractivity (Wildman–Crippen MR) is 516 cm³/mol. The van der Waals surface area contributed by atoms with Crippen LogP contribution in [0.5, 0.6) is 0 Å². The molecule has 610 valence electrons. The van der Waals surface area contributed by atoms with Crippen molar-refractivity contribution in [2.45, 2.75) is 40.1 Å². The number of Topliss-reactive ketones (excluding diaryl/α,β-unsaturated/α-hetero) is 6. The van der Waals surface area contributed by atoms with Crippen molar-refractivity contribution in [3.05, 3.63) is 470 Å². The van der Waals surface area contributed by atoms with Crippen LogP contribution in [0, 0.1) is 11.1 Å². The normalized spacial score (nSPS) is 14.4. The number of allylic oxidation sites excluding steroid dienone is 18. The Balaban J connectivity index is 0.000000126. The fourth-order valence-corrected chi connectivity index (χ4v) is 22.6. The van der Waals surface area contributed by atoms with Gasteiger partial charge in [-0.1, -0.05) is 308 Å². The fraction of sp³-hybridized carbons (Fsp3) is 0.0374. The van der Waals surface area contributed by atoms with Crippen molar-refractivity contribution >= 4 is 188 Å². The molecule has 0 radical (unpaired) electrons. The van der Waals surface area contributed by atoms with Gasteiger partial charge >= 0.3 is 21.2 Å². The second kappa shape index (κ2) is 40.6. The molecule has 0 unspecified atom stereocenters. The van der Waals surface area contributed by atoms with E-state index < -0.39 is 0 Å². The van der Waals surface area contributed by atoms with E-state index in [1.807, 2.05) is 151 Å². The number of rotatable bonds is 16. The molecule has 14 aromatic rings. The summed E-state index contributed by atoms with van der Waals surface area (Å²) in [5.74, 6) is -2.43. The predicted octanol–water partition coefficient (Wildman–Crippen LogP) is 20.7. The van der Waals surface area contributed by atoms with Crippen LogP contribution in [0.3, 0.4) is 0 Å². The van der Waals surface area contributed by atoms with Crippen LogP contribution in [-0.2, 0) is 30.1 Å². The number of carbonyl (C=O) groups excluding carboxylic acids is 6. The van der Waals surface area contributed by atoms with E-state index in [0.29, 0.717) is 44.5 Å². The van der Waals surface area contributed by atoms with Crippen molar-refractivity contribution in [1.29, 1.82) is 0 Å². The van der Waals surface area contributed by atoms with Gasteiger partial charge in [-0.25, -0.2) is 0 Å². The zero-order chi connectivity index (χ0) is 87.0. The van der Waals surface area contributed by atoms with Gasteiger partial charge in [0.15, 0.2) is 60.5 Å². The molecule has 1 saturated heterocycles. The van der Waals surface area contributed by atoms with E-state index in [1.165, 1.54) is 46.1 Å². The second-order valence-electron chi connectivity index (χ2n) is 28.5. The van der Waals surface area contributed by atoms with Crippen LogP contribution in [0.2, 0.25) is 0 Å². The number of fused-ring (bicyclic) bond motifs is 8. The maximum atomic E-state index is 12.8. The molecule has 1 aromatic heterocycles. The number of thioether (sulfide) groups is 1. The topological polar surface area (TPSA) is 157 Å². The number of hydrogen-bond acceptors (Lipinski definition) is 14. The van der Waals surface area contributed by atoms with Crippen LogP contribution in [-0.4, -0.2) is 60.0 Å². The number of ketones is 6. The Morgan fingerprint density at radius 2 is 0.656 bits per heavy atom. The maximum absolute atomic E-state index is 12.8. The van der Waals surface area contributed by atoms with E-state index >= 15 is 0 Å². The van der Waals surface area contributed by atoms with Gasteiger partial charge in [0.1, 0.15) is 9.31 Å². The number of halogens is 1. The van der Waals surface area contributed by atoms with Gasteiger partial charge in [0.05, 0.1) is 22.0 Å². The van der Waals surface area contributed by atoms with Gasteiger partial charge in [-0.15, -0.1) is 11.3 Å². The summed E-state index contributed by atoms with van der Waals surface area (Å²) in [6, 6.07) is 98.0. The van der Waals surface area contributed by atoms with Crippen molar-refractivity contribution in [3.63, 3.8) is 0 Å². The van der Waals surface area contributed by atoms with Crippen molar-refractivity contribution in [3.8, 4) is 0 Å². The first-order valence-electron chi connectivity index (χ1n) is 39.9. The zero-order valence-corrected chi connectivity index (χ0v) is 75.1. The van der Waals surface area contributed by atoms with E-state index in [-0.39, 0.29) is 101 Å². The van der Waals surface area contributed by atoms with Crippen LogP contribution < -0.4 is 31.4 Å². The summed E-state index contributed by atoms with van der Waals surface area (Å²) in [7, 11) is -0.0146. The Morgan fingerprint density at radius 1 is 0.360 bits per heavy atom. The van der Waals surface area contributed by atoms with Gasteiger partial charge in [-0.05, 0) is 214 Å². The highest BCUT2D eigenvalue weighted by molar-refractivity contribution is 8.27. The highest BCUT2D eigenvalue weighted by atomic mass is 127. The maximum Gasteiger partial charge on any atom is 0.357 e. The van der Waals surface area contributed by atoms with Gasteiger partial charge in [0, 0.05) is 67.4 Å². The first-order chi connectivity index (χ1) is 60.9. The fourth-order valence-electron chi connectivity index (χ4n) is 14.5. The molecular weight excluding hydrogens is 1790 g/mol. The lowest BCUT2D eigenvalue weighted by atomic mass is 10.0. The molecular formula is C107H74IN2O8S7-. The summed E-state index contributed by atoms with van der Waals surface area (Å²) in [6.45, 7) is 5.72. The number of hydrogen-bond donors (Lipinski definition) is 0. The quantitative estimate of drug-likeness (QED) is 0.0171. The molecule has 1 aliphatic heterocycles. The molecule has 0 atom stereocenters. The third kappa shape index (κ3) is 19.7. The largest absolute Gasteiger partial charge is 0.872 e. The van der Waals surface area contributed by atoms with Crippen LogP contribution >= 0.6 is 59.8 Å². The molecule has 5 aliphatic rings. The Kier molecular flexibility index (Phi) is 28.3. The summed E-state index contributed by atoms with van der Waals surface area (Å²) in [6.07, 6.45) is 25.2. The van der Waals surface area contributed by atoms with Crippen molar-refractivity contribution < 1.29 is 60.2 Å². The molecule has 0 bridgehead atoms. The van der Waals surface area contributed by atoms with Crippen molar-refractivity contribution in [2.24, 2.45) is 0 Å². The minimum absolute atomic E-state index is 0.0146. The van der Waals surface area contributed by atoms with E-state index in [2.05, 4.69) is 152 Å². The number of benzene rings is 13. The number of likely N-dealkylation sites (N-methyl/N-ethyl adjacent to an activating group) is 1. The SMILES string of the molecule is CCN1C(=S)S\C(=C/C=C/C=C/c2sc(=S)n(CC)c2[S-])C1=S.O=C1C(=C/C=C/C=C/C2=C([O-])c3cc4ccccc4cc3C2=O)C(=O)c2cc3ccccc3cc21.O=C1C(=C/C=C/C=C/C2=C([O-])c3cc4ccccc4cc3C2=O)C(=O)c2cc3ccccc3cc21.c1ccc([I+]c2ccccc2)cc1.c1ccc([S+](c2ccccc2)c2ccccc2)cc1. The molecule has 0 amide bonds. The average Bonchev–Trinajstić information content (AvgIpc) is 1.64. The minimum atomic E-state index is -0.303. The highest BCUT2D eigenvalue weighted by Crippen LogP contribution is 2.39. The summed E-state index contributed by atoms with van der Waals surface area (Å²) >= 11 is 24.5. The molecule has 19 rings (SSSR count). The number of carbonyl (C=O) groups is 6. The monoisotopic (exact) mass is 1870 g/mol. The Morgan fingerprint density at radius 3 is 0.968 bits per heavy atom. The molecule has 4 aliphatic carbocycles. The standard InChI is InChI=1S/2C31H18O4.C18H15S.C15H16N2S6.C12H10I/c2*32-28-22(29(33)25-15-19-9-5-4-8-18(19)14-24(25)28)12-2-1-3-13-23-30(34)26-16-20-10-6-7-11-21(20)17-27(26)31(23)35;1-4-10-16(11-5-1)19(17-12-6-2-7-13-17)18-14-8-3-9-15-18;1-3-16-12(18)10(22-14(16)20)8-6-5-7-9-11-13(19)17(4-2)15(21)23-11;1-3-7-11(8-4-1)13-12-9-5-2-6-10-12/h2*1-17,32H;1-15H;5-9,18H,3-4H2,1-2H3;1-10H/q;;+1;;+1/p-3/b2*3-1+,12-2+;;7-5+,8-6+,11-9-;. The summed E-state index contributed by atoms with van der Waals surface area (Å²) in [5, 5.41) is 33.7. The number of nitrogens with zero attached hydrogens (tertiary/aromatic N) is 2. The third-order valence-electron chi connectivity index (χ3n) is 20.7. The molecule has 0 N–H and O–H groups in total. The Bertz CT molecular complexity index is 6590. The molecule has 125 heavy (non-hydrogen) atoms. The summed E-state index contributed by atoms with van der Waals surface area (Å²) < 4.78 is 6.57. The van der Waals surface area contributed by atoms with Crippen molar-refractivity contribution in [1.82, 2.24) is 9.47 Å². The molecule has 0 saturated carbocycles. The van der Waals surface area contributed by atoms with Crippen LogP contribution in [0.25, 0.3) is 60.7 Å². The van der Waals surface area contributed by atoms with Crippen LogP contribution in [0.4, 0.5) is 0 Å². The smallest absolute Gasteiger partial charge is 0.357 e. The molecule has 13 aromatic carbocycles. The second-order valence-corrected chi connectivity index (χ2v) is 37.7. The Labute approximate surface area is 767 Å². The van der Waals surface area contributed by atoms with E-state index in [0.717, 1.165) is 84.3 Å². The minimum Gasteiger partial charge on any atom is -0.872 e. The molecule has 10 nitrogen and oxygen atoms in total. The summed E-state index contributed by atoms with van der Waals surface area (Å²) in [4.78, 5) is 85.7. The molecule has 2 heterocycles. The summed E-state index contributed by atoms with van der Waals surface area (Å²) in [5.41, 5.74) is 3.66. The highest BCUT2D eigenvalue weighted by Gasteiger charge is 2.35.